The summed E-state index contributed by atoms with van der Waals surface area (Å²) in [7, 11) is 1.93. The third-order valence-electron chi connectivity index (χ3n) is 4.26. The fraction of sp³-hybridized carbons (Fsp3) is 0.200. The van der Waals surface area contributed by atoms with E-state index in [9.17, 15) is 4.79 Å². The van der Waals surface area contributed by atoms with Crippen molar-refractivity contribution in [2.45, 2.75) is 19.5 Å². The Morgan fingerprint density at radius 2 is 1.88 bits per heavy atom. The van der Waals surface area contributed by atoms with E-state index in [0.29, 0.717) is 6.54 Å². The van der Waals surface area contributed by atoms with Gasteiger partial charge in [0.25, 0.3) is 0 Å². The minimum absolute atomic E-state index is 0.0464. The lowest BCUT2D eigenvalue weighted by atomic mass is 10.2. The molecule has 0 spiro atoms. The molecule has 3 aromatic rings. The van der Waals surface area contributed by atoms with Crippen LogP contribution in [0.5, 0.6) is 0 Å². The molecule has 6 heteroatoms. The Morgan fingerprint density at radius 3 is 2.62 bits per heavy atom. The molecule has 0 radical (unpaired) electrons. The van der Waals surface area contributed by atoms with Crippen LogP contribution in [0.4, 0.5) is 5.69 Å². The molecule has 1 aromatic heterocycles. The average Bonchev–Trinajstić information content (AvgIpc) is 3.12. The van der Waals surface area contributed by atoms with E-state index in [-0.39, 0.29) is 11.9 Å². The summed E-state index contributed by atoms with van der Waals surface area (Å²) in [4.78, 5) is 14.5. The zero-order valence-corrected chi connectivity index (χ0v) is 16.3. The van der Waals surface area contributed by atoms with Crippen LogP contribution in [0, 0.1) is 0 Å². The van der Waals surface area contributed by atoms with Gasteiger partial charge in [-0.2, -0.15) is 5.10 Å². The van der Waals surface area contributed by atoms with Crippen LogP contribution in [-0.4, -0.2) is 33.7 Å². The molecule has 0 aliphatic rings. The van der Waals surface area contributed by atoms with Crippen LogP contribution in [-0.2, 0) is 11.3 Å². The van der Waals surface area contributed by atoms with Crippen molar-refractivity contribution in [2.24, 2.45) is 0 Å². The van der Waals surface area contributed by atoms with Crippen LogP contribution < -0.4 is 5.32 Å². The molecule has 134 valence electrons. The predicted octanol–water partition coefficient (Wildman–Crippen LogP) is 4.09. The van der Waals surface area contributed by atoms with Gasteiger partial charge in [0, 0.05) is 22.8 Å². The fourth-order valence-corrected chi connectivity index (χ4v) is 2.97. The van der Waals surface area contributed by atoms with E-state index in [4.69, 9.17) is 0 Å². The number of hydrogen-bond donors (Lipinski definition) is 1. The zero-order valence-electron chi connectivity index (χ0n) is 14.8. The number of benzene rings is 2. The van der Waals surface area contributed by atoms with Crippen molar-refractivity contribution in [1.82, 2.24) is 14.7 Å². The van der Waals surface area contributed by atoms with Crippen molar-refractivity contribution >= 4 is 27.5 Å². The highest BCUT2D eigenvalue weighted by Gasteiger charge is 2.19. The van der Waals surface area contributed by atoms with Crippen LogP contribution in [0.2, 0.25) is 0 Å². The first-order valence-corrected chi connectivity index (χ1v) is 9.18. The second-order valence-corrected chi connectivity index (χ2v) is 7.04. The summed E-state index contributed by atoms with van der Waals surface area (Å²) in [5, 5.41) is 7.37. The van der Waals surface area contributed by atoms with Crippen molar-refractivity contribution < 1.29 is 4.79 Å². The molecule has 2 aromatic carbocycles. The lowest BCUT2D eigenvalue weighted by Gasteiger charge is -2.23. The number of anilines is 1. The second kappa shape index (κ2) is 8.29. The van der Waals surface area contributed by atoms with Gasteiger partial charge in [-0.05, 0) is 54.2 Å². The number of amides is 1. The molecule has 26 heavy (non-hydrogen) atoms. The molecule has 5 nitrogen and oxygen atoms in total. The highest BCUT2D eigenvalue weighted by molar-refractivity contribution is 9.10. The maximum absolute atomic E-state index is 12.5. The predicted molar refractivity (Wildman–Crippen MR) is 107 cm³/mol. The van der Waals surface area contributed by atoms with Crippen LogP contribution in [0.3, 0.4) is 0 Å². The summed E-state index contributed by atoms with van der Waals surface area (Å²) < 4.78 is 2.71. The van der Waals surface area contributed by atoms with E-state index < -0.39 is 0 Å². The maximum Gasteiger partial charge on any atom is 0.241 e. The lowest BCUT2D eigenvalue weighted by Crippen LogP contribution is -2.39. The molecule has 0 fully saturated rings. The van der Waals surface area contributed by atoms with Crippen LogP contribution in [0.15, 0.2) is 71.5 Å². The summed E-state index contributed by atoms with van der Waals surface area (Å²) in [6.07, 6.45) is 3.83. The quantitative estimate of drug-likeness (QED) is 0.662. The van der Waals surface area contributed by atoms with Crippen molar-refractivity contribution in [3.8, 4) is 5.69 Å². The molecule has 0 saturated heterocycles. The van der Waals surface area contributed by atoms with Gasteiger partial charge in [0.1, 0.15) is 0 Å². The highest BCUT2D eigenvalue weighted by atomic mass is 79.9. The smallest absolute Gasteiger partial charge is 0.241 e. The van der Waals surface area contributed by atoms with Crippen LogP contribution in [0.25, 0.3) is 5.69 Å². The minimum atomic E-state index is -0.276. The Kier molecular flexibility index (Phi) is 5.85. The standard InChI is InChI=1S/C20H21BrN4O/c1-15(20(26)23-19-11-7-6-10-18(19)21)24(2)13-16-12-22-25(14-16)17-8-4-3-5-9-17/h3-12,14-15H,13H2,1-2H3,(H,23,26). The van der Waals surface area contributed by atoms with Gasteiger partial charge in [0.15, 0.2) is 0 Å². The molecular formula is C20H21BrN4O. The first-order valence-electron chi connectivity index (χ1n) is 8.39. The Bertz CT molecular complexity index is 878. The van der Waals surface area contributed by atoms with Gasteiger partial charge in [-0.3, -0.25) is 9.69 Å². The first kappa shape index (κ1) is 18.4. The number of nitrogens with zero attached hydrogens (tertiary/aromatic N) is 3. The normalized spacial score (nSPS) is 12.2. The number of likely N-dealkylation sites (N-methyl/N-ethyl adjacent to an activating group) is 1. The third kappa shape index (κ3) is 4.39. The molecule has 1 heterocycles. The number of rotatable bonds is 6. The number of carbonyl (C=O) groups is 1. The van der Waals surface area contributed by atoms with E-state index in [1.165, 1.54) is 0 Å². The zero-order chi connectivity index (χ0) is 18.5. The molecule has 1 amide bonds. The summed E-state index contributed by atoms with van der Waals surface area (Å²) in [6.45, 7) is 2.53. The van der Waals surface area contributed by atoms with Gasteiger partial charge in [0.2, 0.25) is 5.91 Å². The number of hydrogen-bond acceptors (Lipinski definition) is 3. The van der Waals surface area contributed by atoms with Gasteiger partial charge < -0.3 is 5.32 Å². The van der Waals surface area contributed by atoms with E-state index in [1.54, 1.807) is 0 Å². The van der Waals surface area contributed by atoms with Gasteiger partial charge in [-0.15, -0.1) is 0 Å². The summed E-state index contributed by atoms with van der Waals surface area (Å²) in [5.74, 6) is -0.0464. The van der Waals surface area contributed by atoms with Crippen molar-refractivity contribution in [3.05, 3.63) is 77.0 Å². The number of halogens is 1. The molecule has 0 aliphatic heterocycles. The average molecular weight is 413 g/mol. The Balaban J connectivity index is 1.62. The molecule has 1 atom stereocenters. The van der Waals surface area contributed by atoms with E-state index in [2.05, 4.69) is 26.3 Å². The van der Waals surface area contributed by atoms with Gasteiger partial charge >= 0.3 is 0 Å². The topological polar surface area (TPSA) is 50.2 Å². The number of carbonyl (C=O) groups excluding carboxylic acids is 1. The summed E-state index contributed by atoms with van der Waals surface area (Å²) >= 11 is 3.45. The Hall–Kier alpha value is -2.44. The molecule has 0 aliphatic carbocycles. The van der Waals surface area contributed by atoms with Gasteiger partial charge in [-0.1, -0.05) is 30.3 Å². The SMILES string of the molecule is CC(C(=O)Nc1ccccc1Br)N(C)Cc1cnn(-c2ccccc2)c1. The largest absolute Gasteiger partial charge is 0.324 e. The van der Waals surface area contributed by atoms with Crippen molar-refractivity contribution in [2.75, 3.05) is 12.4 Å². The van der Waals surface area contributed by atoms with Crippen molar-refractivity contribution in [3.63, 3.8) is 0 Å². The third-order valence-corrected chi connectivity index (χ3v) is 4.95. The van der Waals surface area contributed by atoms with Crippen LogP contribution in [0.1, 0.15) is 12.5 Å². The Morgan fingerprint density at radius 1 is 1.19 bits per heavy atom. The van der Waals surface area contributed by atoms with Gasteiger partial charge in [0.05, 0.1) is 23.6 Å². The lowest BCUT2D eigenvalue weighted by molar-refractivity contribution is -0.120. The molecule has 0 saturated carbocycles. The number of nitrogens with one attached hydrogen (secondary N) is 1. The Labute approximate surface area is 161 Å². The molecule has 1 N–H and O–H groups in total. The molecule has 0 bridgehead atoms. The molecule has 3 rings (SSSR count). The number of para-hydroxylation sites is 2. The highest BCUT2D eigenvalue weighted by Crippen LogP contribution is 2.21. The fourth-order valence-electron chi connectivity index (χ4n) is 2.59. The van der Waals surface area contributed by atoms with E-state index in [0.717, 1.165) is 21.4 Å². The maximum atomic E-state index is 12.5. The van der Waals surface area contributed by atoms with E-state index >= 15 is 0 Å². The second-order valence-electron chi connectivity index (χ2n) is 6.19. The van der Waals surface area contributed by atoms with Gasteiger partial charge in [-0.25, -0.2) is 4.68 Å². The number of aromatic nitrogens is 2. The summed E-state index contributed by atoms with van der Waals surface area (Å²) in [5.41, 5.74) is 2.84. The molecular weight excluding hydrogens is 392 g/mol. The minimum Gasteiger partial charge on any atom is -0.324 e. The summed E-state index contributed by atoms with van der Waals surface area (Å²) in [6, 6.07) is 17.3. The van der Waals surface area contributed by atoms with E-state index in [1.807, 2.05) is 90.5 Å². The monoisotopic (exact) mass is 412 g/mol. The first-order chi connectivity index (χ1) is 12.5. The van der Waals surface area contributed by atoms with Crippen molar-refractivity contribution in [1.29, 1.82) is 0 Å². The van der Waals surface area contributed by atoms with Crippen LogP contribution >= 0.6 is 15.9 Å². The molecule has 1 unspecified atom stereocenters.